The van der Waals surface area contributed by atoms with Gasteiger partial charge in [0.2, 0.25) is 5.95 Å². The number of hydrogen-bond donors (Lipinski definition) is 0. The Kier molecular flexibility index (Phi) is 5.97. The number of nitrogens with zero attached hydrogens (tertiary/aromatic N) is 5. The van der Waals surface area contributed by atoms with Crippen molar-refractivity contribution in [1.29, 1.82) is 0 Å². The Balaban J connectivity index is 2.03. The first kappa shape index (κ1) is 20.6. The van der Waals surface area contributed by atoms with E-state index in [0.29, 0.717) is 19.0 Å². The minimum absolute atomic E-state index is 0.0646. The third-order valence-electron chi connectivity index (χ3n) is 4.92. The Bertz CT molecular complexity index is 932. The maximum absolute atomic E-state index is 13.4. The molecule has 0 unspecified atom stereocenters. The molecule has 0 spiro atoms. The Morgan fingerprint density at radius 3 is 2.43 bits per heavy atom. The van der Waals surface area contributed by atoms with Crippen LogP contribution in [0.25, 0.3) is 11.1 Å². The predicted octanol–water partition coefficient (Wildman–Crippen LogP) is 2.33. The van der Waals surface area contributed by atoms with Gasteiger partial charge < -0.3 is 4.90 Å². The van der Waals surface area contributed by atoms with E-state index in [1.807, 2.05) is 19.0 Å². The second-order valence-electron chi connectivity index (χ2n) is 7.36. The zero-order valence-corrected chi connectivity index (χ0v) is 17.4. The van der Waals surface area contributed by atoms with Crippen LogP contribution < -0.4 is 4.90 Å². The lowest BCUT2D eigenvalue weighted by molar-refractivity contribution is 0.296. The predicted molar refractivity (Wildman–Crippen MR) is 108 cm³/mol. The summed E-state index contributed by atoms with van der Waals surface area (Å²) in [5.41, 5.74) is 2.41. The van der Waals surface area contributed by atoms with Crippen LogP contribution in [0.1, 0.15) is 24.5 Å². The molecule has 1 aromatic carbocycles. The van der Waals surface area contributed by atoms with E-state index in [1.54, 1.807) is 18.3 Å². The summed E-state index contributed by atoms with van der Waals surface area (Å²) in [6, 6.07) is 6.21. The highest BCUT2D eigenvalue weighted by molar-refractivity contribution is 7.86. The smallest absolute Gasteiger partial charge is 0.281 e. The highest BCUT2D eigenvalue weighted by Crippen LogP contribution is 2.34. The number of hydrogen-bond acceptors (Lipinski definition) is 5. The molecule has 1 saturated heterocycles. The summed E-state index contributed by atoms with van der Waals surface area (Å²) in [6.45, 7) is 0.854. The second kappa shape index (κ2) is 8.10. The van der Waals surface area contributed by atoms with E-state index in [4.69, 9.17) is 4.98 Å². The van der Waals surface area contributed by atoms with Crippen LogP contribution in [0.2, 0.25) is 0 Å². The van der Waals surface area contributed by atoms with Crippen molar-refractivity contribution in [2.75, 3.05) is 46.2 Å². The zero-order valence-electron chi connectivity index (χ0n) is 16.6. The van der Waals surface area contributed by atoms with Gasteiger partial charge in [-0.15, -0.1) is 0 Å². The van der Waals surface area contributed by atoms with Crippen LogP contribution in [0.4, 0.5) is 10.3 Å². The van der Waals surface area contributed by atoms with Gasteiger partial charge in [0, 0.05) is 59.0 Å². The van der Waals surface area contributed by atoms with Gasteiger partial charge in [-0.25, -0.2) is 14.4 Å². The fraction of sp³-hybridized carbons (Fsp3) is 0.474. The third-order valence-corrected chi connectivity index (χ3v) is 6.83. The average molecular weight is 408 g/mol. The van der Waals surface area contributed by atoms with E-state index in [-0.39, 0.29) is 11.7 Å². The molecule has 2 aromatic rings. The lowest BCUT2D eigenvalue weighted by Gasteiger charge is -2.34. The molecule has 1 aliphatic rings. The summed E-state index contributed by atoms with van der Waals surface area (Å²) < 4.78 is 41.3. The van der Waals surface area contributed by atoms with Crippen LogP contribution >= 0.6 is 0 Å². The van der Waals surface area contributed by atoms with Crippen LogP contribution in [0.15, 0.2) is 30.5 Å². The summed E-state index contributed by atoms with van der Waals surface area (Å²) in [5, 5.41) is 0. The highest BCUT2D eigenvalue weighted by Gasteiger charge is 2.33. The Hall–Kier alpha value is -2.10. The van der Waals surface area contributed by atoms with Gasteiger partial charge in [-0.1, -0.05) is 12.1 Å². The summed E-state index contributed by atoms with van der Waals surface area (Å²) in [5.74, 6) is 0.190. The van der Waals surface area contributed by atoms with Crippen molar-refractivity contribution in [3.05, 3.63) is 42.0 Å². The molecule has 2 heterocycles. The Labute approximate surface area is 166 Å². The lowest BCUT2D eigenvalue weighted by atomic mass is 9.91. The highest BCUT2D eigenvalue weighted by atomic mass is 32.2. The van der Waals surface area contributed by atoms with E-state index in [9.17, 15) is 12.8 Å². The summed E-state index contributed by atoms with van der Waals surface area (Å²) in [6.07, 6.45) is 3.32. The van der Waals surface area contributed by atoms with Crippen molar-refractivity contribution in [3.8, 4) is 11.1 Å². The number of halogens is 1. The molecule has 1 aromatic heterocycles. The molecule has 1 fully saturated rings. The quantitative estimate of drug-likeness (QED) is 0.761. The molecule has 0 N–H and O–H groups in total. The molecular formula is C19H26FN5O2S. The minimum atomic E-state index is -3.49. The first-order valence-electron chi connectivity index (χ1n) is 9.18. The Morgan fingerprint density at radius 2 is 1.82 bits per heavy atom. The minimum Gasteiger partial charge on any atom is -0.347 e. The van der Waals surface area contributed by atoms with Crippen LogP contribution in [0.5, 0.6) is 0 Å². The summed E-state index contributed by atoms with van der Waals surface area (Å²) in [4.78, 5) is 11.0. The van der Waals surface area contributed by atoms with E-state index < -0.39 is 10.2 Å². The van der Waals surface area contributed by atoms with Crippen LogP contribution in [-0.2, 0) is 10.2 Å². The maximum Gasteiger partial charge on any atom is 0.281 e. The van der Waals surface area contributed by atoms with Crippen molar-refractivity contribution in [2.24, 2.45) is 0 Å². The van der Waals surface area contributed by atoms with Gasteiger partial charge in [-0.3, -0.25) is 0 Å². The molecule has 0 radical (unpaired) electrons. The van der Waals surface area contributed by atoms with E-state index >= 15 is 0 Å². The van der Waals surface area contributed by atoms with Gasteiger partial charge >= 0.3 is 0 Å². The number of rotatable bonds is 5. The fourth-order valence-electron chi connectivity index (χ4n) is 3.37. The van der Waals surface area contributed by atoms with Crippen molar-refractivity contribution < 1.29 is 12.8 Å². The van der Waals surface area contributed by atoms with Crippen molar-refractivity contribution in [3.63, 3.8) is 0 Å². The van der Waals surface area contributed by atoms with Gasteiger partial charge in [0.15, 0.2) is 0 Å². The molecule has 1 aliphatic heterocycles. The van der Waals surface area contributed by atoms with Gasteiger partial charge in [0.1, 0.15) is 5.82 Å². The summed E-state index contributed by atoms with van der Waals surface area (Å²) >= 11 is 0. The van der Waals surface area contributed by atoms with Crippen molar-refractivity contribution >= 4 is 16.2 Å². The fourth-order valence-corrected chi connectivity index (χ4v) is 4.56. The number of aromatic nitrogens is 2. The molecular weight excluding hydrogens is 381 g/mol. The van der Waals surface area contributed by atoms with Crippen LogP contribution in [0.3, 0.4) is 0 Å². The van der Waals surface area contributed by atoms with Crippen LogP contribution in [0, 0.1) is 5.82 Å². The van der Waals surface area contributed by atoms with Gasteiger partial charge in [-0.2, -0.15) is 17.0 Å². The van der Waals surface area contributed by atoms with Crippen molar-refractivity contribution in [1.82, 2.24) is 18.6 Å². The molecule has 0 amide bonds. The molecule has 7 nitrogen and oxygen atoms in total. The summed E-state index contributed by atoms with van der Waals surface area (Å²) in [7, 11) is 3.31. The van der Waals surface area contributed by atoms with Gasteiger partial charge in [-0.05, 0) is 30.5 Å². The molecule has 3 rings (SSSR count). The number of benzene rings is 1. The van der Waals surface area contributed by atoms with E-state index in [2.05, 4.69) is 4.98 Å². The van der Waals surface area contributed by atoms with E-state index in [1.165, 1.54) is 34.8 Å². The maximum atomic E-state index is 13.4. The van der Waals surface area contributed by atoms with E-state index in [0.717, 1.165) is 29.7 Å². The first-order chi connectivity index (χ1) is 13.2. The first-order valence-corrected chi connectivity index (χ1v) is 10.6. The largest absolute Gasteiger partial charge is 0.347 e. The Morgan fingerprint density at radius 1 is 1.14 bits per heavy atom. The average Bonchev–Trinajstić information content (AvgIpc) is 2.68. The van der Waals surface area contributed by atoms with Crippen molar-refractivity contribution in [2.45, 2.75) is 18.8 Å². The normalized spacial score (nSPS) is 18.4. The SMILES string of the molecule is CN(C)c1ncc(-c2ccc(F)cc2)c([C@@H]2CCCN(S(=O)(=O)N(C)C)C2)n1. The molecule has 28 heavy (non-hydrogen) atoms. The topological polar surface area (TPSA) is 69.6 Å². The standard InChI is InChI=1S/C19H26FN5O2S/c1-23(2)19-21-12-17(14-7-9-16(20)10-8-14)18(22-19)15-6-5-11-25(13-15)28(26,27)24(3)4/h7-10,12,15H,5-6,11,13H2,1-4H3/t15-/m1/s1. The molecule has 152 valence electrons. The van der Waals surface area contributed by atoms with Crippen LogP contribution in [-0.4, -0.2) is 68.3 Å². The molecule has 0 saturated carbocycles. The molecule has 0 aliphatic carbocycles. The van der Waals surface area contributed by atoms with Gasteiger partial charge in [0.05, 0.1) is 5.69 Å². The van der Waals surface area contributed by atoms with Gasteiger partial charge in [0.25, 0.3) is 10.2 Å². The third kappa shape index (κ3) is 4.16. The number of piperidine rings is 1. The number of anilines is 1. The second-order valence-corrected chi connectivity index (χ2v) is 9.50. The lowest BCUT2D eigenvalue weighted by Crippen LogP contribution is -2.45. The monoisotopic (exact) mass is 407 g/mol. The zero-order chi connectivity index (χ0) is 20.5. The molecule has 0 bridgehead atoms. The molecule has 9 heteroatoms. The molecule has 1 atom stereocenters.